The van der Waals surface area contributed by atoms with E-state index in [0.29, 0.717) is 60.1 Å². The topological polar surface area (TPSA) is 103 Å². The molecule has 0 atom stereocenters. The number of ketones is 1. The lowest BCUT2D eigenvalue weighted by Gasteiger charge is -2.36. The Morgan fingerprint density at radius 1 is 0.950 bits per heavy atom. The van der Waals surface area contributed by atoms with Gasteiger partial charge in [0, 0.05) is 56.5 Å². The number of nitrogens with one attached hydrogen (secondary N) is 3. The predicted molar refractivity (Wildman–Crippen MR) is 151 cm³/mol. The quantitative estimate of drug-likeness (QED) is 0.295. The first-order chi connectivity index (χ1) is 19.4. The molecule has 3 aromatic rings. The second kappa shape index (κ2) is 12.0. The molecule has 2 amide bonds. The summed E-state index contributed by atoms with van der Waals surface area (Å²) >= 11 is 0. The highest BCUT2D eigenvalue weighted by Crippen LogP contribution is 2.29. The number of allylic oxidation sites excluding steroid dienone is 1. The van der Waals surface area contributed by atoms with Crippen molar-refractivity contribution in [2.45, 2.75) is 0 Å². The van der Waals surface area contributed by atoms with E-state index in [0.717, 1.165) is 13.1 Å². The second-order valence-corrected chi connectivity index (χ2v) is 9.53. The highest BCUT2D eigenvalue weighted by atomic mass is 19.1. The van der Waals surface area contributed by atoms with Crippen LogP contribution in [0.25, 0.3) is 0 Å². The van der Waals surface area contributed by atoms with Crippen molar-refractivity contribution in [3.8, 4) is 5.75 Å². The molecule has 2 aliphatic rings. The lowest BCUT2D eigenvalue weighted by Crippen LogP contribution is -2.48. The number of hydrogen-bond donors (Lipinski definition) is 3. The van der Waals surface area contributed by atoms with Gasteiger partial charge in [-0.3, -0.25) is 19.3 Å². The van der Waals surface area contributed by atoms with E-state index in [4.69, 9.17) is 4.74 Å². The number of carbonyl (C=O) groups excluding carboxylic acids is 3. The SMILES string of the molecule is COc1ccc(C(=O)/C=C2\Nc3ccc(C(=O)NCCN4CCN(c5ccccc5F)CC4)cc3NC2=O)cc1. The van der Waals surface area contributed by atoms with E-state index in [1.54, 1.807) is 61.7 Å². The van der Waals surface area contributed by atoms with E-state index in [9.17, 15) is 18.8 Å². The number of piperazine rings is 1. The lowest BCUT2D eigenvalue weighted by molar-refractivity contribution is -0.112. The molecule has 0 radical (unpaired) electrons. The fourth-order valence-corrected chi connectivity index (χ4v) is 4.71. The first-order valence-electron chi connectivity index (χ1n) is 13.0. The van der Waals surface area contributed by atoms with Gasteiger partial charge in [-0.25, -0.2) is 4.39 Å². The van der Waals surface area contributed by atoms with Crippen LogP contribution in [0.4, 0.5) is 21.5 Å². The van der Waals surface area contributed by atoms with E-state index in [-0.39, 0.29) is 23.2 Å². The monoisotopic (exact) mass is 543 g/mol. The zero-order valence-corrected chi connectivity index (χ0v) is 22.1. The molecule has 0 unspecified atom stereocenters. The molecule has 2 heterocycles. The van der Waals surface area contributed by atoms with Crippen molar-refractivity contribution in [1.29, 1.82) is 0 Å². The van der Waals surface area contributed by atoms with E-state index < -0.39 is 5.91 Å². The van der Waals surface area contributed by atoms with Crippen molar-refractivity contribution in [3.05, 3.63) is 95.4 Å². The number of amides is 2. The third kappa shape index (κ3) is 6.13. The average Bonchev–Trinajstić information content (AvgIpc) is 2.98. The van der Waals surface area contributed by atoms with Gasteiger partial charge in [0.1, 0.15) is 17.3 Å². The number of halogens is 1. The number of rotatable bonds is 8. The van der Waals surface area contributed by atoms with E-state index in [2.05, 4.69) is 20.9 Å². The molecule has 3 aromatic carbocycles. The van der Waals surface area contributed by atoms with Crippen LogP contribution < -0.4 is 25.6 Å². The van der Waals surface area contributed by atoms with Crippen molar-refractivity contribution in [2.24, 2.45) is 0 Å². The van der Waals surface area contributed by atoms with Crippen molar-refractivity contribution < 1.29 is 23.5 Å². The second-order valence-electron chi connectivity index (χ2n) is 9.53. The smallest absolute Gasteiger partial charge is 0.272 e. The Labute approximate surface area is 231 Å². The van der Waals surface area contributed by atoms with Gasteiger partial charge in [0.2, 0.25) is 0 Å². The average molecular weight is 544 g/mol. The summed E-state index contributed by atoms with van der Waals surface area (Å²) in [7, 11) is 1.54. The van der Waals surface area contributed by atoms with Crippen molar-refractivity contribution >= 4 is 34.7 Å². The highest BCUT2D eigenvalue weighted by molar-refractivity contribution is 6.17. The van der Waals surface area contributed by atoms with E-state index in [1.165, 1.54) is 12.1 Å². The van der Waals surface area contributed by atoms with Gasteiger partial charge in [0.25, 0.3) is 11.8 Å². The Kier molecular flexibility index (Phi) is 8.07. The number of ether oxygens (including phenoxy) is 1. The van der Waals surface area contributed by atoms with Gasteiger partial charge in [-0.2, -0.15) is 0 Å². The fourth-order valence-electron chi connectivity index (χ4n) is 4.71. The fraction of sp³-hybridized carbons (Fsp3) is 0.233. The van der Waals surface area contributed by atoms with Crippen LogP contribution in [0.1, 0.15) is 20.7 Å². The zero-order valence-electron chi connectivity index (χ0n) is 22.1. The molecule has 0 spiro atoms. The molecular weight excluding hydrogens is 513 g/mol. The molecule has 3 N–H and O–H groups in total. The van der Waals surface area contributed by atoms with Gasteiger partial charge in [-0.15, -0.1) is 0 Å². The van der Waals surface area contributed by atoms with Gasteiger partial charge < -0.3 is 25.6 Å². The third-order valence-electron chi connectivity index (χ3n) is 6.97. The Morgan fingerprint density at radius 2 is 1.68 bits per heavy atom. The van der Waals surface area contributed by atoms with Gasteiger partial charge in [0.15, 0.2) is 5.78 Å². The summed E-state index contributed by atoms with van der Waals surface area (Å²) < 4.78 is 19.2. The molecule has 9 nitrogen and oxygen atoms in total. The summed E-state index contributed by atoms with van der Waals surface area (Å²) in [6.45, 7) is 4.12. The summed E-state index contributed by atoms with van der Waals surface area (Å²) in [6.07, 6.45) is 1.25. The summed E-state index contributed by atoms with van der Waals surface area (Å²) in [5.41, 5.74) is 2.60. The number of anilines is 3. The number of carbonyl (C=O) groups is 3. The van der Waals surface area contributed by atoms with Crippen LogP contribution in [-0.4, -0.2) is 68.9 Å². The number of methoxy groups -OCH3 is 1. The lowest BCUT2D eigenvalue weighted by atomic mass is 10.1. The van der Waals surface area contributed by atoms with Crippen molar-refractivity contribution in [1.82, 2.24) is 10.2 Å². The van der Waals surface area contributed by atoms with Gasteiger partial charge >= 0.3 is 0 Å². The maximum Gasteiger partial charge on any atom is 0.272 e. The van der Waals surface area contributed by atoms with Crippen LogP contribution in [0.5, 0.6) is 5.75 Å². The molecule has 2 aliphatic heterocycles. The van der Waals surface area contributed by atoms with Crippen LogP contribution in [-0.2, 0) is 4.79 Å². The van der Waals surface area contributed by atoms with E-state index in [1.807, 2.05) is 11.0 Å². The van der Waals surface area contributed by atoms with Crippen LogP contribution >= 0.6 is 0 Å². The van der Waals surface area contributed by atoms with Crippen LogP contribution in [0.2, 0.25) is 0 Å². The van der Waals surface area contributed by atoms with Gasteiger partial charge in [0.05, 0.1) is 24.2 Å². The van der Waals surface area contributed by atoms with Crippen molar-refractivity contribution in [2.75, 3.05) is 61.9 Å². The standard InChI is InChI=1S/C30H30FN5O4/c1-40-22-9-6-20(7-10-22)28(37)19-26-30(39)34-25-18-21(8-11-24(25)33-26)29(38)32-12-13-35-14-16-36(17-15-35)27-5-3-2-4-23(27)31/h2-11,18-19,33H,12-17H2,1H3,(H,32,38)(H,34,39)/b26-19-. The van der Waals surface area contributed by atoms with Gasteiger partial charge in [-0.1, -0.05) is 12.1 Å². The third-order valence-corrected chi connectivity index (χ3v) is 6.97. The number of fused-ring (bicyclic) bond motifs is 1. The molecule has 40 heavy (non-hydrogen) atoms. The number of hydrogen-bond acceptors (Lipinski definition) is 7. The van der Waals surface area contributed by atoms with Crippen molar-refractivity contribution in [3.63, 3.8) is 0 Å². The normalized spacial score (nSPS) is 16.1. The molecule has 1 fully saturated rings. The Hall–Kier alpha value is -4.70. The first kappa shape index (κ1) is 26.9. The predicted octanol–water partition coefficient (Wildman–Crippen LogP) is 3.52. The summed E-state index contributed by atoms with van der Waals surface area (Å²) in [5, 5.41) is 8.65. The minimum absolute atomic E-state index is 0.112. The first-order valence-corrected chi connectivity index (χ1v) is 13.0. The molecule has 0 bridgehead atoms. The molecule has 5 rings (SSSR count). The number of para-hydroxylation sites is 1. The largest absolute Gasteiger partial charge is 0.497 e. The molecule has 0 aromatic heterocycles. The highest BCUT2D eigenvalue weighted by Gasteiger charge is 2.23. The zero-order chi connectivity index (χ0) is 28.1. The number of benzene rings is 3. The molecular formula is C30H30FN5O4. The van der Waals surface area contributed by atoms with Gasteiger partial charge in [-0.05, 0) is 54.6 Å². The Morgan fingerprint density at radius 3 is 2.40 bits per heavy atom. The number of nitrogens with zero attached hydrogens (tertiary/aromatic N) is 2. The summed E-state index contributed by atoms with van der Waals surface area (Å²) in [4.78, 5) is 42.3. The van der Waals surface area contributed by atoms with Crippen LogP contribution in [0, 0.1) is 5.82 Å². The minimum atomic E-state index is -0.471. The molecule has 0 saturated carbocycles. The van der Waals surface area contributed by atoms with E-state index >= 15 is 0 Å². The maximum atomic E-state index is 14.1. The van der Waals surface area contributed by atoms with Crippen LogP contribution in [0.3, 0.4) is 0 Å². The Bertz CT molecular complexity index is 1450. The summed E-state index contributed by atoms with van der Waals surface area (Å²) in [5.74, 6) is -0.632. The summed E-state index contributed by atoms with van der Waals surface area (Å²) in [6, 6.07) is 18.4. The Balaban J connectivity index is 1.12. The molecule has 1 saturated heterocycles. The van der Waals surface area contributed by atoms with Crippen LogP contribution in [0.15, 0.2) is 78.5 Å². The minimum Gasteiger partial charge on any atom is -0.497 e. The molecule has 0 aliphatic carbocycles. The maximum absolute atomic E-state index is 14.1. The molecule has 10 heteroatoms. The molecule has 206 valence electrons.